The molecule has 4 rings (SSSR count). The molecule has 3 aromatic carbocycles. The van der Waals surface area contributed by atoms with Gasteiger partial charge >= 0.3 is 5.97 Å². The third-order valence-electron chi connectivity index (χ3n) is 6.37. The van der Waals surface area contributed by atoms with Crippen LogP contribution in [0.1, 0.15) is 17.5 Å². The normalized spacial score (nSPS) is 11.1. The van der Waals surface area contributed by atoms with Crippen molar-refractivity contribution in [1.82, 2.24) is 14.9 Å². The molecule has 4 aromatic rings. The Balaban J connectivity index is 1.74. The summed E-state index contributed by atoms with van der Waals surface area (Å²) in [7, 11) is 8.54. The summed E-state index contributed by atoms with van der Waals surface area (Å²) >= 11 is 0. The molecule has 1 heterocycles. The molecule has 0 aliphatic rings. The van der Waals surface area contributed by atoms with Crippen LogP contribution in [0.4, 0.5) is 11.5 Å². The highest BCUT2D eigenvalue weighted by molar-refractivity contribution is 5.95. The highest BCUT2D eigenvalue weighted by Gasteiger charge is 2.18. The van der Waals surface area contributed by atoms with Crippen molar-refractivity contribution >= 4 is 34.5 Å². The van der Waals surface area contributed by atoms with E-state index in [0.717, 1.165) is 18.5 Å². The molecule has 0 aliphatic carbocycles. The van der Waals surface area contributed by atoms with Crippen molar-refractivity contribution in [2.24, 2.45) is 0 Å². The van der Waals surface area contributed by atoms with Crippen molar-refractivity contribution in [2.45, 2.75) is 13.0 Å². The van der Waals surface area contributed by atoms with Gasteiger partial charge in [0.05, 0.1) is 39.1 Å². The molecule has 0 saturated heterocycles. The van der Waals surface area contributed by atoms with Crippen LogP contribution in [-0.4, -0.2) is 69.4 Å². The van der Waals surface area contributed by atoms with Crippen molar-refractivity contribution in [3.05, 3.63) is 78.1 Å². The number of hydrogen-bond donors (Lipinski definition) is 1. The van der Waals surface area contributed by atoms with Crippen LogP contribution in [0.5, 0.6) is 23.0 Å². The minimum Gasteiger partial charge on any atom is -0.493 e. The summed E-state index contributed by atoms with van der Waals surface area (Å²) in [5.74, 6) is 2.14. The van der Waals surface area contributed by atoms with Crippen LogP contribution < -0.4 is 24.3 Å². The monoisotopic (exact) mass is 572 g/mol. The number of carbonyl (C=O) groups is 1. The lowest BCUT2D eigenvalue weighted by Crippen LogP contribution is -2.15. The third kappa shape index (κ3) is 7.67. The molecule has 1 aromatic heterocycles. The Bertz CT molecular complexity index is 1520. The number of carbonyl (C=O) groups excluding carboxylic acids is 1. The van der Waals surface area contributed by atoms with Crippen molar-refractivity contribution in [3.8, 4) is 23.0 Å². The summed E-state index contributed by atoms with van der Waals surface area (Å²) in [6.45, 7) is 1.77. The second kappa shape index (κ2) is 14.7. The highest BCUT2D eigenvalue weighted by Crippen LogP contribution is 2.42. The van der Waals surface area contributed by atoms with Crippen LogP contribution in [0, 0.1) is 0 Å². The fraction of sp³-hybridized carbons (Fsp3) is 0.281. The number of nitrogens with one attached hydrogen (secondary N) is 1. The van der Waals surface area contributed by atoms with Gasteiger partial charge in [-0.1, -0.05) is 30.3 Å². The molecule has 10 heteroatoms. The SMILES string of the molecule is COC(=O)/C=C/c1ccc(OCc2ccccc2)c(OC)c1Nc1ncnc2cc(OC)c(OCCCN(C)C)cc12. The molecule has 0 unspecified atom stereocenters. The number of ether oxygens (including phenoxy) is 5. The first-order chi connectivity index (χ1) is 20.4. The number of fused-ring (bicyclic) bond motifs is 1. The number of rotatable bonds is 14. The average Bonchev–Trinajstić information content (AvgIpc) is 3.01. The molecule has 1 N–H and O–H groups in total. The topological polar surface area (TPSA) is 104 Å². The number of methoxy groups -OCH3 is 3. The standard InChI is InChI=1S/C32H36N4O6/c1-36(2)16-9-17-41-28-18-24-25(19-27(28)38-3)33-21-34-32(24)35-30-23(13-15-29(37)39-4)12-14-26(31(30)40-5)42-20-22-10-7-6-8-11-22/h6-8,10-15,18-19,21H,9,16-17,20H2,1-5H3,(H,33,34,35)/b15-13+. The summed E-state index contributed by atoms with van der Waals surface area (Å²) in [6, 6.07) is 17.1. The van der Waals surface area contributed by atoms with Gasteiger partial charge in [-0.2, -0.15) is 0 Å². The zero-order valence-electron chi connectivity index (χ0n) is 24.5. The van der Waals surface area contributed by atoms with Gasteiger partial charge in [0.15, 0.2) is 23.0 Å². The third-order valence-corrected chi connectivity index (χ3v) is 6.37. The molecule has 0 spiro atoms. The van der Waals surface area contributed by atoms with Crippen LogP contribution in [-0.2, 0) is 16.1 Å². The van der Waals surface area contributed by atoms with Gasteiger partial charge in [0.1, 0.15) is 18.8 Å². The van der Waals surface area contributed by atoms with Gasteiger partial charge in [-0.15, -0.1) is 0 Å². The van der Waals surface area contributed by atoms with Crippen LogP contribution in [0.25, 0.3) is 17.0 Å². The molecular weight excluding hydrogens is 536 g/mol. The highest BCUT2D eigenvalue weighted by atomic mass is 16.5. The predicted octanol–water partition coefficient (Wildman–Crippen LogP) is 5.49. The first-order valence-corrected chi connectivity index (χ1v) is 13.4. The Hall–Kier alpha value is -4.83. The molecule has 10 nitrogen and oxygen atoms in total. The van der Waals surface area contributed by atoms with Crippen molar-refractivity contribution in [2.75, 3.05) is 53.9 Å². The number of hydrogen-bond acceptors (Lipinski definition) is 10. The molecular formula is C32H36N4O6. The largest absolute Gasteiger partial charge is 0.493 e. The van der Waals surface area contributed by atoms with Crippen LogP contribution in [0.15, 0.2) is 67.0 Å². The zero-order valence-corrected chi connectivity index (χ0v) is 24.5. The Kier molecular flexibility index (Phi) is 10.5. The van der Waals surface area contributed by atoms with Gasteiger partial charge in [-0.05, 0) is 50.4 Å². The first-order valence-electron chi connectivity index (χ1n) is 13.4. The van der Waals surface area contributed by atoms with Crippen molar-refractivity contribution < 1.29 is 28.5 Å². The lowest BCUT2D eigenvalue weighted by atomic mass is 10.1. The Morgan fingerprint density at radius 3 is 2.45 bits per heavy atom. The molecule has 0 radical (unpaired) electrons. The summed E-state index contributed by atoms with van der Waals surface area (Å²) in [4.78, 5) is 23.0. The van der Waals surface area contributed by atoms with Crippen LogP contribution in [0.2, 0.25) is 0 Å². The van der Waals surface area contributed by atoms with Gasteiger partial charge in [-0.25, -0.2) is 14.8 Å². The lowest BCUT2D eigenvalue weighted by molar-refractivity contribution is -0.134. The van der Waals surface area contributed by atoms with E-state index in [-0.39, 0.29) is 0 Å². The molecule has 0 atom stereocenters. The van der Waals surface area contributed by atoms with E-state index < -0.39 is 5.97 Å². The van der Waals surface area contributed by atoms with E-state index in [0.29, 0.717) is 64.2 Å². The molecule has 42 heavy (non-hydrogen) atoms. The molecule has 0 fully saturated rings. The smallest absolute Gasteiger partial charge is 0.330 e. The van der Waals surface area contributed by atoms with Crippen LogP contribution in [0.3, 0.4) is 0 Å². The fourth-order valence-corrected chi connectivity index (χ4v) is 4.24. The quantitative estimate of drug-likeness (QED) is 0.119. The maximum absolute atomic E-state index is 11.9. The van der Waals surface area contributed by atoms with E-state index in [4.69, 9.17) is 23.7 Å². The van der Waals surface area contributed by atoms with Gasteiger partial charge in [-0.3, -0.25) is 0 Å². The molecule has 220 valence electrons. The first kappa shape index (κ1) is 30.1. The minimum absolute atomic E-state index is 0.346. The minimum atomic E-state index is -0.486. The molecule has 0 saturated carbocycles. The van der Waals surface area contributed by atoms with Gasteiger partial charge in [0.2, 0.25) is 0 Å². The van der Waals surface area contributed by atoms with Gasteiger partial charge < -0.3 is 33.9 Å². The lowest BCUT2D eigenvalue weighted by Gasteiger charge is -2.19. The number of nitrogens with zero attached hydrogens (tertiary/aromatic N) is 3. The van der Waals surface area contributed by atoms with E-state index in [1.54, 1.807) is 26.4 Å². The average molecular weight is 573 g/mol. The second-order valence-electron chi connectivity index (χ2n) is 9.56. The number of anilines is 2. The van der Waals surface area contributed by atoms with E-state index in [1.165, 1.54) is 19.5 Å². The number of aromatic nitrogens is 2. The molecule has 0 amide bonds. The van der Waals surface area contributed by atoms with E-state index >= 15 is 0 Å². The Labute approximate surface area is 245 Å². The van der Waals surface area contributed by atoms with Gasteiger partial charge in [0, 0.05) is 29.6 Å². The maximum atomic E-state index is 11.9. The van der Waals surface area contributed by atoms with E-state index in [1.807, 2.05) is 62.6 Å². The van der Waals surface area contributed by atoms with Crippen LogP contribution >= 0.6 is 0 Å². The van der Waals surface area contributed by atoms with E-state index in [2.05, 4.69) is 20.2 Å². The second-order valence-corrected chi connectivity index (χ2v) is 9.56. The van der Waals surface area contributed by atoms with E-state index in [9.17, 15) is 4.79 Å². The Morgan fingerprint density at radius 2 is 1.74 bits per heavy atom. The Morgan fingerprint density at radius 1 is 0.929 bits per heavy atom. The summed E-state index contributed by atoms with van der Waals surface area (Å²) in [5.41, 5.74) is 2.88. The maximum Gasteiger partial charge on any atom is 0.330 e. The molecule has 0 bridgehead atoms. The summed E-state index contributed by atoms with van der Waals surface area (Å²) < 4.78 is 28.5. The number of benzene rings is 3. The predicted molar refractivity (Wildman–Crippen MR) is 163 cm³/mol. The fourth-order valence-electron chi connectivity index (χ4n) is 4.24. The number of esters is 1. The zero-order chi connectivity index (χ0) is 29.9. The van der Waals surface area contributed by atoms with Crippen molar-refractivity contribution in [1.29, 1.82) is 0 Å². The summed E-state index contributed by atoms with van der Waals surface area (Å²) in [5, 5.41) is 4.11. The van der Waals surface area contributed by atoms with Crippen molar-refractivity contribution in [3.63, 3.8) is 0 Å². The molecule has 0 aliphatic heterocycles. The van der Waals surface area contributed by atoms with Gasteiger partial charge in [0.25, 0.3) is 0 Å². The summed E-state index contributed by atoms with van der Waals surface area (Å²) in [6.07, 6.45) is 5.30.